The van der Waals surface area contributed by atoms with E-state index in [1.807, 2.05) is 13.9 Å². The van der Waals surface area contributed by atoms with Gasteiger partial charge in [-0.2, -0.15) is 0 Å². The molecule has 1 rings (SSSR count). The SMILES string of the molecule is Bc1cccc(F)c1.O.O. The molecular formula is C6H10BFO2. The second kappa shape index (κ2) is 4.96. The van der Waals surface area contributed by atoms with Crippen LogP contribution in [0.1, 0.15) is 0 Å². The van der Waals surface area contributed by atoms with Crippen molar-refractivity contribution in [2.24, 2.45) is 0 Å². The first-order valence-corrected chi connectivity index (χ1v) is 2.51. The van der Waals surface area contributed by atoms with Crippen molar-refractivity contribution in [1.82, 2.24) is 0 Å². The zero-order valence-corrected chi connectivity index (χ0v) is 5.69. The smallest absolute Gasteiger partial charge is 0.139 e. The Morgan fingerprint density at radius 2 is 1.80 bits per heavy atom. The summed E-state index contributed by atoms with van der Waals surface area (Å²) in [4.78, 5) is 0. The number of hydrogen-bond acceptors (Lipinski definition) is 0. The molecule has 10 heavy (non-hydrogen) atoms. The molecule has 56 valence electrons. The van der Waals surface area contributed by atoms with Crippen molar-refractivity contribution in [2.45, 2.75) is 0 Å². The summed E-state index contributed by atoms with van der Waals surface area (Å²) in [6.45, 7) is 0. The fourth-order valence-corrected chi connectivity index (χ4v) is 0.606. The molecule has 4 N–H and O–H groups in total. The third-order valence-corrected chi connectivity index (χ3v) is 0.980. The Balaban J connectivity index is 0. The lowest BCUT2D eigenvalue weighted by Gasteiger charge is -1.87. The van der Waals surface area contributed by atoms with Crippen LogP contribution >= 0.6 is 0 Å². The molecule has 0 aliphatic heterocycles. The lowest BCUT2D eigenvalue weighted by atomic mass is 9.97. The molecule has 0 fully saturated rings. The van der Waals surface area contributed by atoms with Gasteiger partial charge in [0, 0.05) is 0 Å². The molecular weight excluding hydrogens is 134 g/mol. The Morgan fingerprint density at radius 1 is 1.20 bits per heavy atom. The van der Waals surface area contributed by atoms with E-state index in [1.54, 1.807) is 6.07 Å². The average Bonchev–Trinajstić information content (AvgIpc) is 1.64. The summed E-state index contributed by atoms with van der Waals surface area (Å²) in [5.74, 6) is -0.162. The molecule has 0 saturated carbocycles. The van der Waals surface area contributed by atoms with Crippen LogP contribution in [0.4, 0.5) is 4.39 Å². The van der Waals surface area contributed by atoms with Gasteiger partial charge in [0.1, 0.15) is 13.7 Å². The predicted octanol–water partition coefficient (Wildman–Crippen LogP) is -1.57. The summed E-state index contributed by atoms with van der Waals surface area (Å²) in [6, 6.07) is 6.50. The Morgan fingerprint density at radius 3 is 2.10 bits per heavy atom. The second-order valence-electron chi connectivity index (χ2n) is 1.80. The summed E-state index contributed by atoms with van der Waals surface area (Å²) in [5, 5.41) is 0. The van der Waals surface area contributed by atoms with Crippen molar-refractivity contribution in [3.05, 3.63) is 30.1 Å². The van der Waals surface area contributed by atoms with Crippen molar-refractivity contribution in [1.29, 1.82) is 0 Å². The largest absolute Gasteiger partial charge is 0.412 e. The van der Waals surface area contributed by atoms with Crippen LogP contribution in [0.5, 0.6) is 0 Å². The van der Waals surface area contributed by atoms with Crippen LogP contribution in [0.25, 0.3) is 0 Å². The van der Waals surface area contributed by atoms with Crippen LogP contribution in [0.15, 0.2) is 24.3 Å². The highest BCUT2D eigenvalue weighted by molar-refractivity contribution is 6.32. The van der Waals surface area contributed by atoms with Gasteiger partial charge in [-0.05, 0) is 12.1 Å². The first-order valence-electron chi connectivity index (χ1n) is 2.51. The zero-order valence-electron chi connectivity index (χ0n) is 5.69. The summed E-state index contributed by atoms with van der Waals surface area (Å²) in [6.07, 6.45) is 0. The Labute approximate surface area is 59.7 Å². The third kappa shape index (κ3) is 3.22. The van der Waals surface area contributed by atoms with Gasteiger partial charge in [0.15, 0.2) is 0 Å². The van der Waals surface area contributed by atoms with E-state index < -0.39 is 0 Å². The summed E-state index contributed by atoms with van der Waals surface area (Å²) in [7, 11) is 1.86. The van der Waals surface area contributed by atoms with Crippen LogP contribution in [0.3, 0.4) is 0 Å². The standard InChI is InChI=1S/C6H6BF.2H2O/c7-5-2-1-3-6(8)4-5;;/h1-4H,7H2;2*1H2. The number of rotatable bonds is 0. The highest BCUT2D eigenvalue weighted by Gasteiger charge is 1.84. The van der Waals surface area contributed by atoms with Crippen LogP contribution in [-0.4, -0.2) is 18.8 Å². The van der Waals surface area contributed by atoms with Gasteiger partial charge in [-0.1, -0.05) is 17.6 Å². The van der Waals surface area contributed by atoms with Crippen LogP contribution < -0.4 is 5.46 Å². The molecule has 0 heterocycles. The van der Waals surface area contributed by atoms with Gasteiger partial charge >= 0.3 is 0 Å². The van der Waals surface area contributed by atoms with Gasteiger partial charge in [0.25, 0.3) is 0 Å². The van der Waals surface area contributed by atoms with Gasteiger partial charge in [0.2, 0.25) is 0 Å². The van der Waals surface area contributed by atoms with E-state index in [0.717, 1.165) is 5.46 Å². The number of halogens is 1. The monoisotopic (exact) mass is 144 g/mol. The predicted molar refractivity (Wildman–Crippen MR) is 41.8 cm³/mol. The quantitative estimate of drug-likeness (QED) is 0.395. The maximum Gasteiger partial charge on any atom is 0.139 e. The van der Waals surface area contributed by atoms with E-state index in [9.17, 15) is 4.39 Å². The van der Waals surface area contributed by atoms with Gasteiger partial charge in [-0.25, -0.2) is 4.39 Å². The van der Waals surface area contributed by atoms with Gasteiger partial charge < -0.3 is 11.0 Å². The van der Waals surface area contributed by atoms with Gasteiger partial charge in [0.05, 0.1) is 0 Å². The molecule has 0 spiro atoms. The minimum atomic E-state index is -0.162. The molecule has 0 bridgehead atoms. The summed E-state index contributed by atoms with van der Waals surface area (Å²) >= 11 is 0. The number of hydrogen-bond donors (Lipinski definition) is 0. The topological polar surface area (TPSA) is 63.0 Å². The summed E-state index contributed by atoms with van der Waals surface area (Å²) < 4.78 is 12.2. The van der Waals surface area contributed by atoms with Crippen molar-refractivity contribution in [3.8, 4) is 0 Å². The Hall–Kier alpha value is -0.865. The molecule has 0 aliphatic rings. The molecule has 0 radical (unpaired) electrons. The number of benzene rings is 1. The Kier molecular flexibility index (Phi) is 5.89. The highest BCUT2D eigenvalue weighted by atomic mass is 19.1. The molecule has 1 aromatic rings. The lowest BCUT2D eigenvalue weighted by molar-refractivity contribution is 0.629. The van der Waals surface area contributed by atoms with Crippen molar-refractivity contribution >= 4 is 13.3 Å². The molecule has 0 aromatic heterocycles. The molecule has 0 amide bonds. The maximum absolute atomic E-state index is 12.2. The van der Waals surface area contributed by atoms with Crippen molar-refractivity contribution < 1.29 is 15.3 Å². The zero-order chi connectivity index (χ0) is 5.98. The second-order valence-corrected chi connectivity index (χ2v) is 1.80. The first kappa shape index (κ1) is 11.9. The Bertz CT molecular complexity index is 176. The van der Waals surface area contributed by atoms with Crippen molar-refractivity contribution in [2.75, 3.05) is 0 Å². The van der Waals surface area contributed by atoms with Crippen LogP contribution in [0, 0.1) is 5.82 Å². The molecule has 0 atom stereocenters. The van der Waals surface area contributed by atoms with E-state index in [2.05, 4.69) is 0 Å². The van der Waals surface area contributed by atoms with Crippen molar-refractivity contribution in [3.63, 3.8) is 0 Å². The van der Waals surface area contributed by atoms with E-state index in [1.165, 1.54) is 12.1 Å². The minimum Gasteiger partial charge on any atom is -0.412 e. The van der Waals surface area contributed by atoms with Gasteiger partial charge in [-0.3, -0.25) is 0 Å². The molecule has 1 aromatic carbocycles. The van der Waals surface area contributed by atoms with Crippen LogP contribution in [0.2, 0.25) is 0 Å². The average molecular weight is 144 g/mol. The fraction of sp³-hybridized carbons (Fsp3) is 0. The van der Waals surface area contributed by atoms with E-state index in [4.69, 9.17) is 0 Å². The van der Waals surface area contributed by atoms with Crippen LogP contribution in [-0.2, 0) is 0 Å². The third-order valence-electron chi connectivity index (χ3n) is 0.980. The van der Waals surface area contributed by atoms with E-state index in [-0.39, 0.29) is 16.8 Å². The molecule has 2 nitrogen and oxygen atoms in total. The summed E-state index contributed by atoms with van der Waals surface area (Å²) in [5.41, 5.74) is 0.963. The highest BCUT2D eigenvalue weighted by Crippen LogP contribution is 1.89. The van der Waals surface area contributed by atoms with Gasteiger partial charge in [-0.15, -0.1) is 0 Å². The van der Waals surface area contributed by atoms with E-state index in [0.29, 0.717) is 0 Å². The molecule has 0 aliphatic carbocycles. The first-order chi connectivity index (χ1) is 3.79. The normalized spacial score (nSPS) is 7.30. The minimum absolute atomic E-state index is 0. The molecule has 0 unspecified atom stereocenters. The van der Waals surface area contributed by atoms with E-state index >= 15 is 0 Å². The lowest BCUT2D eigenvalue weighted by Crippen LogP contribution is -2.00. The fourth-order valence-electron chi connectivity index (χ4n) is 0.606. The molecule has 0 saturated heterocycles. The maximum atomic E-state index is 12.2. The molecule has 4 heteroatoms.